The van der Waals surface area contributed by atoms with Gasteiger partial charge in [0.25, 0.3) is 0 Å². The van der Waals surface area contributed by atoms with E-state index in [1.54, 1.807) is 12.2 Å². The maximum atomic E-state index is 11.8. The number of benzene rings is 1. The van der Waals surface area contributed by atoms with E-state index in [9.17, 15) is 9.59 Å². The van der Waals surface area contributed by atoms with Gasteiger partial charge in [0.1, 0.15) is 0 Å². The lowest BCUT2D eigenvalue weighted by Gasteiger charge is -2.12. The molecule has 0 saturated heterocycles. The molecule has 1 aliphatic carbocycles. The maximum Gasteiger partial charge on any atom is 0.310 e. The van der Waals surface area contributed by atoms with Gasteiger partial charge in [0.15, 0.2) is 0 Å². The summed E-state index contributed by atoms with van der Waals surface area (Å²) in [7, 11) is 0. The van der Waals surface area contributed by atoms with Gasteiger partial charge >= 0.3 is 5.97 Å². The maximum absolute atomic E-state index is 11.8. The number of aliphatic carboxylic acids is 1. The van der Waals surface area contributed by atoms with E-state index in [1.807, 2.05) is 24.3 Å². The van der Waals surface area contributed by atoms with Gasteiger partial charge in [0, 0.05) is 18.2 Å². The molecule has 0 radical (unpaired) electrons. The molecule has 2 rings (SSSR count). The van der Waals surface area contributed by atoms with Gasteiger partial charge in [-0.3, -0.25) is 9.59 Å². The molecule has 5 nitrogen and oxygen atoms in total. The van der Waals surface area contributed by atoms with Crippen molar-refractivity contribution in [1.82, 2.24) is 5.32 Å². The smallest absolute Gasteiger partial charge is 0.310 e. The highest BCUT2D eigenvalue weighted by Gasteiger charge is 2.25. The highest BCUT2D eigenvalue weighted by molar-refractivity contribution is 5.78. The molecule has 0 bridgehead atoms. The molecule has 5 heteroatoms. The average Bonchev–Trinajstić information content (AvgIpc) is 2.87. The predicted octanol–water partition coefficient (Wildman–Crippen LogP) is 1.35. The SMILES string of the molecule is Nc1ccc(CCC(=O)NC2C=CC(C(=O)O)C2)cc1. The van der Waals surface area contributed by atoms with Crippen molar-refractivity contribution in [2.24, 2.45) is 5.92 Å². The Balaban J connectivity index is 1.75. The number of amides is 1. The largest absolute Gasteiger partial charge is 0.481 e. The number of rotatable bonds is 5. The van der Waals surface area contributed by atoms with Crippen molar-refractivity contribution in [2.45, 2.75) is 25.3 Å². The van der Waals surface area contributed by atoms with Crippen molar-refractivity contribution in [2.75, 3.05) is 5.73 Å². The molecule has 0 spiro atoms. The van der Waals surface area contributed by atoms with Gasteiger partial charge in [-0.15, -0.1) is 0 Å². The van der Waals surface area contributed by atoms with Crippen LogP contribution >= 0.6 is 0 Å². The molecular formula is C15H18N2O3. The molecule has 1 aliphatic rings. The number of aryl methyl sites for hydroxylation is 1. The van der Waals surface area contributed by atoms with Gasteiger partial charge in [-0.1, -0.05) is 24.3 Å². The quantitative estimate of drug-likeness (QED) is 0.558. The molecule has 0 saturated carbocycles. The molecule has 0 aliphatic heterocycles. The summed E-state index contributed by atoms with van der Waals surface area (Å²) in [5.41, 5.74) is 7.35. The van der Waals surface area contributed by atoms with Gasteiger partial charge in [-0.2, -0.15) is 0 Å². The van der Waals surface area contributed by atoms with E-state index < -0.39 is 11.9 Å². The van der Waals surface area contributed by atoms with Crippen LogP contribution in [-0.2, 0) is 16.0 Å². The van der Waals surface area contributed by atoms with Crippen LogP contribution in [0.2, 0.25) is 0 Å². The Bertz CT molecular complexity index is 522. The summed E-state index contributed by atoms with van der Waals surface area (Å²) in [6.45, 7) is 0. The van der Waals surface area contributed by atoms with E-state index in [0.29, 0.717) is 24.9 Å². The van der Waals surface area contributed by atoms with E-state index in [1.165, 1.54) is 0 Å². The van der Waals surface area contributed by atoms with Crippen LogP contribution in [0.3, 0.4) is 0 Å². The number of carboxylic acid groups (broad SMARTS) is 1. The lowest BCUT2D eigenvalue weighted by Crippen LogP contribution is -2.33. The van der Waals surface area contributed by atoms with Crippen LogP contribution in [-0.4, -0.2) is 23.0 Å². The fourth-order valence-corrected chi connectivity index (χ4v) is 2.21. The Labute approximate surface area is 117 Å². The molecule has 0 aromatic heterocycles. The van der Waals surface area contributed by atoms with E-state index in [2.05, 4.69) is 5.32 Å². The fraction of sp³-hybridized carbons (Fsp3) is 0.333. The number of nitrogens with two attached hydrogens (primary N) is 1. The van der Waals surface area contributed by atoms with Gasteiger partial charge in [0.2, 0.25) is 5.91 Å². The summed E-state index contributed by atoms with van der Waals surface area (Å²) < 4.78 is 0. The number of nitrogen functional groups attached to an aromatic ring is 1. The third-order valence-electron chi connectivity index (χ3n) is 3.37. The molecule has 4 N–H and O–H groups in total. The van der Waals surface area contributed by atoms with Gasteiger partial charge < -0.3 is 16.2 Å². The van der Waals surface area contributed by atoms with Crippen molar-refractivity contribution in [3.05, 3.63) is 42.0 Å². The van der Waals surface area contributed by atoms with Gasteiger partial charge in [-0.25, -0.2) is 0 Å². The Morgan fingerprint density at radius 1 is 1.25 bits per heavy atom. The number of hydrogen-bond donors (Lipinski definition) is 3. The summed E-state index contributed by atoms with van der Waals surface area (Å²) in [5, 5.41) is 11.7. The van der Waals surface area contributed by atoms with E-state index >= 15 is 0 Å². The Morgan fingerprint density at radius 2 is 1.95 bits per heavy atom. The summed E-state index contributed by atoms with van der Waals surface area (Å²) in [4.78, 5) is 22.6. The molecule has 1 aromatic carbocycles. The van der Waals surface area contributed by atoms with Crippen LogP contribution < -0.4 is 11.1 Å². The molecule has 1 amide bonds. The predicted molar refractivity (Wildman–Crippen MR) is 76.0 cm³/mol. The lowest BCUT2D eigenvalue weighted by atomic mass is 10.1. The van der Waals surface area contributed by atoms with Crippen LogP contribution in [0.5, 0.6) is 0 Å². The van der Waals surface area contributed by atoms with E-state index in [4.69, 9.17) is 10.8 Å². The summed E-state index contributed by atoms with van der Waals surface area (Å²) >= 11 is 0. The van der Waals surface area contributed by atoms with E-state index in [0.717, 1.165) is 5.56 Å². The molecule has 20 heavy (non-hydrogen) atoms. The monoisotopic (exact) mass is 274 g/mol. The van der Waals surface area contributed by atoms with Crippen molar-refractivity contribution in [1.29, 1.82) is 0 Å². The highest BCUT2D eigenvalue weighted by Crippen LogP contribution is 2.18. The number of anilines is 1. The molecular weight excluding hydrogens is 256 g/mol. The topological polar surface area (TPSA) is 92.4 Å². The second-order valence-electron chi connectivity index (χ2n) is 4.98. The third-order valence-corrected chi connectivity index (χ3v) is 3.37. The zero-order valence-electron chi connectivity index (χ0n) is 11.1. The second-order valence-corrected chi connectivity index (χ2v) is 4.98. The number of carbonyl (C=O) groups excluding carboxylic acids is 1. The molecule has 0 fully saturated rings. The summed E-state index contributed by atoms with van der Waals surface area (Å²) in [5.74, 6) is -1.40. The Kier molecular flexibility index (Phi) is 4.40. The van der Waals surface area contributed by atoms with Gasteiger partial charge in [0.05, 0.1) is 5.92 Å². The first-order valence-corrected chi connectivity index (χ1v) is 6.59. The number of hydrogen-bond acceptors (Lipinski definition) is 3. The second kappa shape index (κ2) is 6.23. The fourth-order valence-electron chi connectivity index (χ4n) is 2.21. The van der Waals surface area contributed by atoms with Crippen LogP contribution in [0.4, 0.5) is 5.69 Å². The zero-order valence-corrected chi connectivity index (χ0v) is 11.1. The Morgan fingerprint density at radius 3 is 2.55 bits per heavy atom. The summed E-state index contributed by atoms with van der Waals surface area (Å²) in [6.07, 6.45) is 4.84. The van der Waals surface area contributed by atoms with Gasteiger partial charge in [-0.05, 0) is 30.5 Å². The highest BCUT2D eigenvalue weighted by atomic mass is 16.4. The molecule has 1 aromatic rings. The Hall–Kier alpha value is -2.30. The van der Waals surface area contributed by atoms with Crippen LogP contribution in [0.15, 0.2) is 36.4 Å². The molecule has 0 heterocycles. The van der Waals surface area contributed by atoms with Crippen molar-refractivity contribution < 1.29 is 14.7 Å². The minimum absolute atomic E-state index is 0.0671. The van der Waals surface area contributed by atoms with E-state index in [-0.39, 0.29) is 11.9 Å². The summed E-state index contributed by atoms with van der Waals surface area (Å²) in [6, 6.07) is 7.25. The minimum Gasteiger partial charge on any atom is -0.481 e. The first-order chi connectivity index (χ1) is 9.54. The lowest BCUT2D eigenvalue weighted by molar-refractivity contribution is -0.140. The molecule has 2 atom stereocenters. The number of carbonyl (C=O) groups is 2. The standard InChI is InChI=1S/C15H18N2O3/c16-12-5-1-10(2-6-12)3-8-14(18)17-13-7-4-11(9-13)15(19)20/h1-2,4-7,11,13H,3,8-9,16H2,(H,17,18)(H,19,20). The molecule has 2 unspecified atom stereocenters. The number of carboxylic acids is 1. The molecule has 106 valence electrons. The first-order valence-electron chi connectivity index (χ1n) is 6.59. The minimum atomic E-state index is -0.847. The van der Waals surface area contributed by atoms with Crippen LogP contribution in [0.25, 0.3) is 0 Å². The van der Waals surface area contributed by atoms with Crippen molar-refractivity contribution in [3.63, 3.8) is 0 Å². The van der Waals surface area contributed by atoms with Crippen molar-refractivity contribution in [3.8, 4) is 0 Å². The normalized spacial score (nSPS) is 20.8. The number of nitrogens with one attached hydrogen (secondary N) is 1. The third kappa shape index (κ3) is 3.85. The first kappa shape index (κ1) is 14.1. The van der Waals surface area contributed by atoms with Crippen LogP contribution in [0.1, 0.15) is 18.4 Å². The zero-order chi connectivity index (χ0) is 14.5. The van der Waals surface area contributed by atoms with Crippen molar-refractivity contribution >= 4 is 17.6 Å². The van der Waals surface area contributed by atoms with Crippen LogP contribution in [0, 0.1) is 5.92 Å². The average molecular weight is 274 g/mol.